The van der Waals surface area contributed by atoms with Gasteiger partial charge in [0.05, 0.1) is 11.8 Å². The van der Waals surface area contributed by atoms with Crippen LogP contribution in [-0.2, 0) is 0 Å². The molecule has 0 saturated carbocycles. The third-order valence-electron chi connectivity index (χ3n) is 5.76. The number of nitrogen functional groups attached to an aromatic ring is 1. The first-order valence-corrected chi connectivity index (χ1v) is 11.0. The van der Waals surface area contributed by atoms with Crippen LogP contribution < -0.4 is 16.2 Å². The fourth-order valence-corrected chi connectivity index (χ4v) is 5.46. The van der Waals surface area contributed by atoms with E-state index in [0.29, 0.717) is 30.1 Å². The molecule has 0 spiro atoms. The zero-order chi connectivity index (χ0) is 21.7. The summed E-state index contributed by atoms with van der Waals surface area (Å²) in [6, 6.07) is 8.11. The molecular formula is C22H26Cl2N6O2S. The summed E-state index contributed by atoms with van der Waals surface area (Å²) in [5.41, 5.74) is 15.4. The minimum absolute atomic E-state index is 0. The smallest absolute Gasteiger partial charge is 0.272 e. The van der Waals surface area contributed by atoms with E-state index < -0.39 is 0 Å². The molecule has 0 aliphatic carbocycles. The lowest BCUT2D eigenvalue weighted by atomic mass is 10.1. The average molecular weight is 509 g/mol. The third kappa shape index (κ3) is 4.33. The molecule has 4 aromatic rings. The van der Waals surface area contributed by atoms with Gasteiger partial charge < -0.3 is 21.1 Å². The van der Waals surface area contributed by atoms with Gasteiger partial charge >= 0.3 is 0 Å². The van der Waals surface area contributed by atoms with E-state index in [1.54, 1.807) is 27.9 Å². The van der Waals surface area contributed by atoms with E-state index in [1.807, 2.05) is 19.1 Å². The summed E-state index contributed by atoms with van der Waals surface area (Å²) in [5, 5.41) is 5.44. The molecule has 0 radical (unpaired) electrons. The van der Waals surface area contributed by atoms with Crippen LogP contribution in [0, 0.1) is 6.92 Å². The minimum Gasteiger partial charge on any atom is -0.495 e. The Balaban J connectivity index is 0.00000153. The maximum Gasteiger partial charge on any atom is 0.272 e. The zero-order valence-corrected chi connectivity index (χ0v) is 20.7. The molecule has 0 bridgehead atoms. The van der Waals surface area contributed by atoms with Crippen LogP contribution in [0.3, 0.4) is 0 Å². The Morgan fingerprint density at radius 3 is 2.76 bits per heavy atom. The number of nitrogens with two attached hydrogens (primary N) is 2. The van der Waals surface area contributed by atoms with E-state index in [1.165, 1.54) is 6.33 Å². The van der Waals surface area contributed by atoms with Crippen molar-refractivity contribution in [3.8, 4) is 16.2 Å². The molecule has 3 aromatic heterocycles. The molecule has 176 valence electrons. The molecule has 1 saturated heterocycles. The number of ether oxygens (including phenoxy) is 1. The maximum atomic E-state index is 13.4. The molecule has 11 heteroatoms. The largest absolute Gasteiger partial charge is 0.495 e. The first-order valence-electron chi connectivity index (χ1n) is 10.2. The average Bonchev–Trinajstić information content (AvgIpc) is 3.35. The van der Waals surface area contributed by atoms with E-state index in [9.17, 15) is 4.79 Å². The van der Waals surface area contributed by atoms with E-state index in [2.05, 4.69) is 22.2 Å². The zero-order valence-electron chi connectivity index (χ0n) is 18.3. The number of thiophene rings is 1. The predicted molar refractivity (Wildman–Crippen MR) is 137 cm³/mol. The Bertz CT molecular complexity index is 1320. The third-order valence-corrected chi connectivity index (χ3v) is 6.96. The van der Waals surface area contributed by atoms with Gasteiger partial charge in [0, 0.05) is 29.6 Å². The summed E-state index contributed by atoms with van der Waals surface area (Å²) >= 11 is 1.60. The number of anilines is 1. The van der Waals surface area contributed by atoms with Crippen LogP contribution >= 0.6 is 36.2 Å². The van der Waals surface area contributed by atoms with Crippen molar-refractivity contribution in [2.75, 3.05) is 25.9 Å². The summed E-state index contributed by atoms with van der Waals surface area (Å²) < 4.78 is 8.24. The van der Waals surface area contributed by atoms with Crippen molar-refractivity contribution in [2.45, 2.75) is 25.8 Å². The molecule has 1 atom stereocenters. The van der Waals surface area contributed by atoms with Gasteiger partial charge in [0.1, 0.15) is 23.3 Å². The Morgan fingerprint density at radius 2 is 2.03 bits per heavy atom. The van der Waals surface area contributed by atoms with Crippen LogP contribution in [0.2, 0.25) is 0 Å². The Kier molecular flexibility index (Phi) is 7.38. The number of hydrogen-bond donors (Lipinski definition) is 2. The molecule has 8 nitrogen and oxygen atoms in total. The number of benzene rings is 1. The fraction of sp³-hybridized carbons (Fsp3) is 0.318. The normalized spacial score (nSPS) is 15.8. The van der Waals surface area contributed by atoms with Gasteiger partial charge in [-0.2, -0.15) is 5.10 Å². The highest BCUT2D eigenvalue weighted by molar-refractivity contribution is 7.22. The quantitative estimate of drug-likeness (QED) is 0.433. The van der Waals surface area contributed by atoms with Gasteiger partial charge in [0.25, 0.3) is 5.91 Å². The summed E-state index contributed by atoms with van der Waals surface area (Å²) in [4.78, 5) is 20.3. The molecule has 1 fully saturated rings. The summed E-state index contributed by atoms with van der Waals surface area (Å²) in [6.07, 6.45) is 3.21. The lowest BCUT2D eigenvalue weighted by Crippen LogP contribution is -2.46. The number of aryl methyl sites for hydroxylation is 1. The molecule has 4 heterocycles. The van der Waals surface area contributed by atoms with Gasteiger partial charge in [-0.15, -0.1) is 36.2 Å². The van der Waals surface area contributed by atoms with E-state index in [4.69, 9.17) is 16.2 Å². The second-order valence-electron chi connectivity index (χ2n) is 8.00. The second kappa shape index (κ2) is 9.72. The van der Waals surface area contributed by atoms with Crippen LogP contribution in [0.5, 0.6) is 5.75 Å². The van der Waals surface area contributed by atoms with Gasteiger partial charge in [0.2, 0.25) is 0 Å². The topological polar surface area (TPSA) is 112 Å². The van der Waals surface area contributed by atoms with Gasteiger partial charge in [-0.3, -0.25) is 4.79 Å². The molecule has 1 aliphatic rings. The Hall–Kier alpha value is -2.59. The van der Waals surface area contributed by atoms with E-state index >= 15 is 0 Å². The maximum absolute atomic E-state index is 13.4. The molecular weight excluding hydrogens is 483 g/mol. The molecule has 1 aromatic carbocycles. The summed E-state index contributed by atoms with van der Waals surface area (Å²) in [5.74, 6) is 1.07. The monoisotopic (exact) mass is 508 g/mol. The Labute approximate surface area is 207 Å². The van der Waals surface area contributed by atoms with Gasteiger partial charge in [0.15, 0.2) is 5.82 Å². The van der Waals surface area contributed by atoms with Gasteiger partial charge in [-0.05, 0) is 48.9 Å². The minimum atomic E-state index is -0.0935. The summed E-state index contributed by atoms with van der Waals surface area (Å²) in [6.45, 7) is 3.27. The van der Waals surface area contributed by atoms with E-state index in [0.717, 1.165) is 44.7 Å². The number of aromatic nitrogens is 3. The molecule has 33 heavy (non-hydrogen) atoms. The fourth-order valence-electron chi connectivity index (χ4n) is 4.31. The van der Waals surface area contributed by atoms with Crippen LogP contribution in [0.4, 0.5) is 5.82 Å². The Morgan fingerprint density at radius 1 is 1.24 bits per heavy atom. The highest BCUT2D eigenvalue weighted by Gasteiger charge is 2.27. The van der Waals surface area contributed by atoms with Gasteiger partial charge in [-0.1, -0.05) is 6.07 Å². The van der Waals surface area contributed by atoms with E-state index in [-0.39, 0.29) is 36.8 Å². The molecule has 4 N–H and O–H groups in total. The lowest BCUT2D eigenvalue weighted by Gasteiger charge is -2.30. The number of likely N-dealkylation sites (tertiary alicyclic amines) is 1. The van der Waals surface area contributed by atoms with Crippen molar-refractivity contribution in [3.63, 3.8) is 0 Å². The number of nitrogens with zero attached hydrogens (tertiary/aromatic N) is 4. The van der Waals surface area contributed by atoms with Crippen molar-refractivity contribution in [3.05, 3.63) is 41.9 Å². The number of carbonyl (C=O) groups excluding carboxylic acids is 1. The van der Waals surface area contributed by atoms with Crippen LogP contribution in [0.25, 0.3) is 26.0 Å². The standard InChI is InChI=1S/C22H24N6O2S.2ClH/c1-12-6-13-8-18(31-20(13)17(7-12)30-2)15-9-16(28-19(15)21(24)25-11-26-28)22(29)27-5-3-4-14(23)10-27;;/h6-9,11,14H,3-5,10,23H2,1-2H3,(H2,24,25,26);2*1H/t14-;;/m1../s1. The SMILES string of the molecule is COc1cc(C)cc2cc(-c3cc(C(=O)N4CCC[C@@H](N)C4)n4ncnc(N)c34)sc12.Cl.Cl. The second-order valence-corrected chi connectivity index (χ2v) is 9.05. The first kappa shape index (κ1) is 25.0. The molecule has 1 amide bonds. The van der Waals surface area contributed by atoms with Crippen molar-refractivity contribution in [1.29, 1.82) is 0 Å². The number of amides is 1. The van der Waals surface area contributed by atoms with Crippen molar-refractivity contribution < 1.29 is 9.53 Å². The van der Waals surface area contributed by atoms with Crippen molar-refractivity contribution >= 4 is 63.5 Å². The van der Waals surface area contributed by atoms with Crippen LogP contribution in [-0.4, -0.2) is 51.6 Å². The number of methoxy groups -OCH3 is 1. The predicted octanol–water partition coefficient (Wildman–Crippen LogP) is 3.92. The summed E-state index contributed by atoms with van der Waals surface area (Å²) in [7, 11) is 1.67. The number of piperidine rings is 1. The number of rotatable bonds is 3. The number of fused-ring (bicyclic) bond motifs is 2. The number of hydrogen-bond acceptors (Lipinski definition) is 7. The number of halogens is 2. The number of carbonyl (C=O) groups is 1. The first-order chi connectivity index (χ1) is 15.0. The highest BCUT2D eigenvalue weighted by Crippen LogP contribution is 2.42. The molecule has 0 unspecified atom stereocenters. The van der Waals surface area contributed by atoms with Gasteiger partial charge in [-0.25, -0.2) is 9.50 Å². The van der Waals surface area contributed by atoms with Crippen LogP contribution in [0.1, 0.15) is 28.9 Å². The highest BCUT2D eigenvalue weighted by atomic mass is 35.5. The van der Waals surface area contributed by atoms with Crippen LogP contribution in [0.15, 0.2) is 30.6 Å². The molecule has 1 aliphatic heterocycles. The lowest BCUT2D eigenvalue weighted by molar-refractivity contribution is 0.0700. The van der Waals surface area contributed by atoms with Crippen molar-refractivity contribution in [2.24, 2.45) is 5.73 Å². The molecule has 5 rings (SSSR count). The van der Waals surface area contributed by atoms with Crippen molar-refractivity contribution in [1.82, 2.24) is 19.5 Å².